The lowest BCUT2D eigenvalue weighted by molar-refractivity contribution is -0.154. The van der Waals surface area contributed by atoms with Gasteiger partial charge in [0.05, 0.1) is 6.54 Å². The van der Waals surface area contributed by atoms with Gasteiger partial charge in [0.25, 0.3) is 0 Å². The van der Waals surface area contributed by atoms with E-state index in [9.17, 15) is 9.59 Å². The molecular formula is C14H18N2O2S. The third kappa shape index (κ3) is 2.16. The van der Waals surface area contributed by atoms with Gasteiger partial charge in [-0.2, -0.15) is 0 Å². The van der Waals surface area contributed by atoms with Crippen LogP contribution in [0.3, 0.4) is 0 Å². The molecule has 19 heavy (non-hydrogen) atoms. The number of carbonyl (C=O) groups excluding carboxylic acids is 2. The molecule has 0 bridgehead atoms. The van der Waals surface area contributed by atoms with E-state index in [4.69, 9.17) is 0 Å². The number of carbonyl (C=O) groups is 2. The monoisotopic (exact) mass is 278 g/mol. The summed E-state index contributed by atoms with van der Waals surface area (Å²) in [4.78, 5) is 30.3. The van der Waals surface area contributed by atoms with Crippen LogP contribution in [0.15, 0.2) is 6.07 Å². The highest BCUT2D eigenvalue weighted by Gasteiger charge is 2.41. The lowest BCUT2D eigenvalue weighted by Crippen LogP contribution is -2.56. The van der Waals surface area contributed by atoms with Gasteiger partial charge < -0.3 is 9.80 Å². The Morgan fingerprint density at radius 1 is 1.37 bits per heavy atom. The van der Waals surface area contributed by atoms with E-state index in [0.29, 0.717) is 6.54 Å². The fourth-order valence-corrected chi connectivity index (χ4v) is 3.98. The summed E-state index contributed by atoms with van der Waals surface area (Å²) < 4.78 is 0. The number of fused-ring (bicyclic) bond motifs is 1. The summed E-state index contributed by atoms with van der Waals surface area (Å²) in [6.07, 6.45) is 1.77. The smallest absolute Gasteiger partial charge is 0.246 e. The molecule has 102 valence electrons. The fraction of sp³-hybridized carbons (Fsp3) is 0.571. The Morgan fingerprint density at radius 3 is 2.84 bits per heavy atom. The zero-order valence-electron chi connectivity index (χ0n) is 11.3. The summed E-state index contributed by atoms with van der Waals surface area (Å²) in [5, 5.41) is 0. The molecule has 1 aromatic heterocycles. The highest BCUT2D eigenvalue weighted by molar-refractivity contribution is 7.12. The number of hydrogen-bond donors (Lipinski definition) is 0. The normalized spacial score (nSPS) is 23.2. The van der Waals surface area contributed by atoms with Crippen molar-refractivity contribution >= 4 is 23.2 Å². The summed E-state index contributed by atoms with van der Waals surface area (Å²) in [6.45, 7) is 5.74. The molecule has 1 aromatic rings. The van der Waals surface area contributed by atoms with E-state index in [1.807, 2.05) is 0 Å². The predicted molar refractivity (Wildman–Crippen MR) is 73.9 cm³/mol. The lowest BCUT2D eigenvalue weighted by atomic mass is 10.1. The standard InChI is InChI=1S/C14H18N2O2S/c1-9-6-11(19-10(9)2)7-15-8-13(17)16-5-3-4-12(16)14(15)18/h6,12H,3-5,7-8H2,1-2H3. The maximum atomic E-state index is 12.4. The first-order valence-corrected chi connectivity index (χ1v) is 7.52. The molecule has 3 rings (SSSR count). The number of rotatable bonds is 2. The molecular weight excluding hydrogens is 260 g/mol. The second kappa shape index (κ2) is 4.63. The van der Waals surface area contributed by atoms with Gasteiger partial charge in [-0.15, -0.1) is 11.3 Å². The van der Waals surface area contributed by atoms with Crippen molar-refractivity contribution in [2.45, 2.75) is 39.3 Å². The molecule has 0 spiro atoms. The highest BCUT2D eigenvalue weighted by atomic mass is 32.1. The molecule has 2 aliphatic rings. The van der Waals surface area contributed by atoms with Gasteiger partial charge in [-0.1, -0.05) is 0 Å². The van der Waals surface area contributed by atoms with Gasteiger partial charge >= 0.3 is 0 Å². The molecule has 0 N–H and O–H groups in total. The molecule has 2 fully saturated rings. The first kappa shape index (κ1) is 12.7. The Labute approximate surface area is 117 Å². The molecule has 0 aromatic carbocycles. The van der Waals surface area contributed by atoms with Crippen LogP contribution in [-0.2, 0) is 16.1 Å². The first-order valence-electron chi connectivity index (χ1n) is 6.70. The van der Waals surface area contributed by atoms with Crippen molar-refractivity contribution in [1.82, 2.24) is 9.80 Å². The average Bonchev–Trinajstić information content (AvgIpc) is 2.95. The summed E-state index contributed by atoms with van der Waals surface area (Å²) in [7, 11) is 0. The zero-order valence-corrected chi connectivity index (χ0v) is 12.1. The Balaban J connectivity index is 1.77. The summed E-state index contributed by atoms with van der Waals surface area (Å²) in [5.74, 6) is 0.230. The highest BCUT2D eigenvalue weighted by Crippen LogP contribution is 2.27. The molecule has 0 saturated carbocycles. The predicted octanol–water partition coefficient (Wildman–Crippen LogP) is 1.70. The molecule has 2 saturated heterocycles. The molecule has 1 atom stereocenters. The number of nitrogens with zero attached hydrogens (tertiary/aromatic N) is 2. The van der Waals surface area contributed by atoms with Crippen molar-refractivity contribution < 1.29 is 9.59 Å². The number of thiophene rings is 1. The van der Waals surface area contributed by atoms with Gasteiger partial charge in [-0.05, 0) is 38.3 Å². The quantitative estimate of drug-likeness (QED) is 0.826. The van der Waals surface area contributed by atoms with Crippen molar-refractivity contribution in [2.75, 3.05) is 13.1 Å². The second-order valence-electron chi connectivity index (χ2n) is 5.39. The van der Waals surface area contributed by atoms with Crippen LogP contribution < -0.4 is 0 Å². The van der Waals surface area contributed by atoms with E-state index >= 15 is 0 Å². The Kier molecular flexibility index (Phi) is 3.09. The molecule has 4 nitrogen and oxygen atoms in total. The topological polar surface area (TPSA) is 40.6 Å². The minimum Gasteiger partial charge on any atom is -0.329 e. The Morgan fingerprint density at radius 2 is 2.16 bits per heavy atom. The minimum absolute atomic E-state index is 0.104. The third-order valence-corrected chi connectivity index (χ3v) is 5.20. The van der Waals surface area contributed by atoms with Crippen molar-refractivity contribution in [1.29, 1.82) is 0 Å². The first-order chi connectivity index (χ1) is 9.06. The van der Waals surface area contributed by atoms with Gasteiger partial charge in [0.2, 0.25) is 11.8 Å². The van der Waals surface area contributed by atoms with Crippen LogP contribution in [0.1, 0.15) is 28.2 Å². The molecule has 1 unspecified atom stereocenters. The maximum absolute atomic E-state index is 12.4. The largest absolute Gasteiger partial charge is 0.329 e. The van der Waals surface area contributed by atoms with Crippen molar-refractivity contribution in [3.8, 4) is 0 Å². The fourth-order valence-electron chi connectivity index (χ4n) is 2.91. The molecule has 0 radical (unpaired) electrons. The van der Waals surface area contributed by atoms with Crippen LogP contribution in [0.2, 0.25) is 0 Å². The Hall–Kier alpha value is -1.36. The Bertz CT molecular complexity index is 518. The number of piperazine rings is 1. The zero-order chi connectivity index (χ0) is 13.6. The van der Waals surface area contributed by atoms with E-state index in [1.54, 1.807) is 21.1 Å². The van der Waals surface area contributed by atoms with Crippen LogP contribution in [0.4, 0.5) is 0 Å². The molecule has 2 amide bonds. The van der Waals surface area contributed by atoms with Crippen molar-refractivity contribution in [2.24, 2.45) is 0 Å². The average molecular weight is 278 g/mol. The summed E-state index contributed by atoms with van der Waals surface area (Å²) in [6, 6.07) is 1.93. The number of amides is 2. The molecule has 0 aliphatic carbocycles. The second-order valence-corrected chi connectivity index (χ2v) is 6.73. The van der Waals surface area contributed by atoms with Gasteiger partial charge in [-0.3, -0.25) is 9.59 Å². The molecule has 2 aliphatic heterocycles. The third-order valence-electron chi connectivity index (χ3n) is 4.06. The number of hydrogen-bond acceptors (Lipinski definition) is 3. The van der Waals surface area contributed by atoms with Crippen LogP contribution in [0, 0.1) is 13.8 Å². The van der Waals surface area contributed by atoms with E-state index in [2.05, 4.69) is 19.9 Å². The van der Waals surface area contributed by atoms with Crippen molar-refractivity contribution in [3.63, 3.8) is 0 Å². The minimum atomic E-state index is -0.191. The van der Waals surface area contributed by atoms with E-state index in [0.717, 1.165) is 19.4 Å². The van der Waals surface area contributed by atoms with E-state index in [1.165, 1.54) is 15.3 Å². The molecule has 5 heteroatoms. The van der Waals surface area contributed by atoms with E-state index in [-0.39, 0.29) is 24.4 Å². The van der Waals surface area contributed by atoms with Gasteiger partial charge in [-0.25, -0.2) is 0 Å². The van der Waals surface area contributed by atoms with Crippen LogP contribution >= 0.6 is 11.3 Å². The van der Waals surface area contributed by atoms with Gasteiger partial charge in [0.15, 0.2) is 0 Å². The number of aryl methyl sites for hydroxylation is 2. The van der Waals surface area contributed by atoms with Crippen LogP contribution in [0.5, 0.6) is 0 Å². The maximum Gasteiger partial charge on any atom is 0.246 e. The van der Waals surface area contributed by atoms with Crippen LogP contribution in [0.25, 0.3) is 0 Å². The summed E-state index contributed by atoms with van der Waals surface area (Å²) in [5.41, 5.74) is 1.26. The van der Waals surface area contributed by atoms with Gasteiger partial charge in [0, 0.05) is 16.3 Å². The molecule has 3 heterocycles. The SMILES string of the molecule is Cc1cc(CN2CC(=O)N3CCCC3C2=O)sc1C. The summed E-state index contributed by atoms with van der Waals surface area (Å²) >= 11 is 1.72. The van der Waals surface area contributed by atoms with Gasteiger partial charge in [0.1, 0.15) is 12.6 Å². The van der Waals surface area contributed by atoms with Crippen molar-refractivity contribution in [3.05, 3.63) is 21.4 Å². The lowest BCUT2D eigenvalue weighted by Gasteiger charge is -2.36. The van der Waals surface area contributed by atoms with E-state index < -0.39 is 0 Å². The van der Waals surface area contributed by atoms with Crippen LogP contribution in [-0.4, -0.2) is 40.7 Å².